The summed E-state index contributed by atoms with van der Waals surface area (Å²) >= 11 is 0. The molecule has 0 fully saturated rings. The van der Waals surface area contributed by atoms with Crippen molar-refractivity contribution in [2.24, 2.45) is 5.10 Å². The van der Waals surface area contributed by atoms with Gasteiger partial charge in [0.2, 0.25) is 5.91 Å². The zero-order chi connectivity index (χ0) is 26.7. The van der Waals surface area contributed by atoms with Crippen molar-refractivity contribution in [1.82, 2.24) is 5.43 Å². The summed E-state index contributed by atoms with van der Waals surface area (Å²) in [6.45, 7) is 12.3. The van der Waals surface area contributed by atoms with Gasteiger partial charge in [0.1, 0.15) is 17.3 Å². The molecule has 8 heteroatoms. The first-order valence-corrected chi connectivity index (χ1v) is 11.8. The van der Waals surface area contributed by atoms with Gasteiger partial charge >= 0.3 is 0 Å². The normalized spacial score (nSPS) is 12.2. The number of hydrazone groups is 1. The molecule has 8 nitrogen and oxygen atoms in total. The van der Waals surface area contributed by atoms with E-state index >= 15 is 0 Å². The van der Waals surface area contributed by atoms with Crippen molar-refractivity contribution in [3.63, 3.8) is 0 Å². The van der Waals surface area contributed by atoms with E-state index in [1.807, 2.05) is 12.1 Å². The van der Waals surface area contributed by atoms with Crippen LogP contribution >= 0.6 is 0 Å². The molecule has 0 spiro atoms. The lowest BCUT2D eigenvalue weighted by atomic mass is 9.78. The van der Waals surface area contributed by atoms with Crippen LogP contribution < -0.4 is 5.43 Å². The number of amides is 1. The molecule has 0 aliphatic heterocycles. The second kappa shape index (κ2) is 10.4. The minimum absolute atomic E-state index is 0.0238. The predicted molar refractivity (Wildman–Crippen MR) is 140 cm³/mol. The van der Waals surface area contributed by atoms with E-state index in [0.29, 0.717) is 29.3 Å². The second-order valence-corrected chi connectivity index (χ2v) is 10.8. The summed E-state index contributed by atoms with van der Waals surface area (Å²) in [6.07, 6.45) is 2.12. The maximum absolute atomic E-state index is 12.4. The molecule has 1 heterocycles. The fourth-order valence-corrected chi connectivity index (χ4v) is 3.81. The number of hydrogen-bond donors (Lipinski definition) is 2. The lowest BCUT2D eigenvalue weighted by Gasteiger charge is -2.28. The fourth-order valence-electron chi connectivity index (χ4n) is 3.81. The van der Waals surface area contributed by atoms with E-state index in [0.717, 1.165) is 16.7 Å². The fraction of sp³-hybridized carbons (Fsp3) is 0.357. The summed E-state index contributed by atoms with van der Waals surface area (Å²) in [5.74, 6) is 0.929. The Morgan fingerprint density at radius 1 is 1.06 bits per heavy atom. The minimum Gasteiger partial charge on any atom is -0.507 e. The number of nitro benzene ring substituents is 1. The summed E-state index contributed by atoms with van der Waals surface area (Å²) in [5, 5.41) is 25.8. The third-order valence-electron chi connectivity index (χ3n) is 5.78. The zero-order valence-corrected chi connectivity index (χ0v) is 21.6. The van der Waals surface area contributed by atoms with Gasteiger partial charge in [-0.15, -0.1) is 0 Å². The molecule has 0 unspecified atom stereocenters. The van der Waals surface area contributed by atoms with Crippen LogP contribution in [0.25, 0.3) is 11.3 Å². The maximum Gasteiger partial charge on any atom is 0.270 e. The molecule has 0 aliphatic rings. The summed E-state index contributed by atoms with van der Waals surface area (Å²) in [6, 6.07) is 13.5. The number of aromatic hydroxyl groups is 1. The van der Waals surface area contributed by atoms with Crippen LogP contribution in [0.15, 0.2) is 58.0 Å². The molecule has 2 N–H and O–H groups in total. The van der Waals surface area contributed by atoms with E-state index < -0.39 is 4.92 Å². The Balaban J connectivity index is 1.64. The topological polar surface area (TPSA) is 118 Å². The summed E-state index contributed by atoms with van der Waals surface area (Å²) in [7, 11) is 0. The van der Waals surface area contributed by atoms with Gasteiger partial charge < -0.3 is 9.52 Å². The van der Waals surface area contributed by atoms with Gasteiger partial charge in [-0.25, -0.2) is 5.43 Å². The standard InChI is InChI=1S/C28H33N3O5/c1-27(2,3)22-14-18(15-23(26(22)33)28(4,5)6)10-13-25(32)30-29-17-21-11-12-24(36-21)19-8-7-9-20(16-19)31(34)35/h7-9,11-12,14-17,33H,10,13H2,1-6H3,(H,30,32)/b29-17-. The average molecular weight is 492 g/mol. The highest BCUT2D eigenvalue weighted by Gasteiger charge is 2.26. The van der Waals surface area contributed by atoms with Crippen LogP contribution in [0, 0.1) is 10.1 Å². The number of hydrogen-bond acceptors (Lipinski definition) is 6. The Labute approximate surface area is 211 Å². The molecule has 0 saturated heterocycles. The molecule has 1 aromatic heterocycles. The first-order chi connectivity index (χ1) is 16.8. The number of rotatable bonds is 7. The van der Waals surface area contributed by atoms with Crippen molar-refractivity contribution in [1.29, 1.82) is 0 Å². The Kier molecular flexibility index (Phi) is 7.67. The van der Waals surface area contributed by atoms with Crippen LogP contribution in [-0.4, -0.2) is 22.2 Å². The second-order valence-electron chi connectivity index (χ2n) is 10.8. The third kappa shape index (κ3) is 6.59. The lowest BCUT2D eigenvalue weighted by Crippen LogP contribution is -2.20. The van der Waals surface area contributed by atoms with Crippen molar-refractivity contribution in [3.8, 4) is 17.1 Å². The number of phenolic OH excluding ortho intramolecular Hbond substituents is 1. The van der Waals surface area contributed by atoms with Crippen LogP contribution in [0.2, 0.25) is 0 Å². The summed E-state index contributed by atoms with van der Waals surface area (Å²) in [4.78, 5) is 22.9. The van der Waals surface area contributed by atoms with Gasteiger partial charge in [0.15, 0.2) is 0 Å². The third-order valence-corrected chi connectivity index (χ3v) is 5.78. The van der Waals surface area contributed by atoms with Gasteiger partial charge in [0, 0.05) is 24.1 Å². The number of carbonyl (C=O) groups is 1. The number of nitro groups is 1. The molecule has 0 aliphatic carbocycles. The highest BCUT2D eigenvalue weighted by Crippen LogP contribution is 2.40. The number of furan rings is 1. The Morgan fingerprint density at radius 3 is 2.28 bits per heavy atom. The smallest absolute Gasteiger partial charge is 0.270 e. The van der Waals surface area contributed by atoms with Gasteiger partial charge in [-0.3, -0.25) is 14.9 Å². The van der Waals surface area contributed by atoms with E-state index in [1.54, 1.807) is 24.3 Å². The molecule has 2 aromatic carbocycles. The molecule has 0 saturated carbocycles. The van der Waals surface area contributed by atoms with Crippen LogP contribution in [0.1, 0.15) is 70.4 Å². The molecule has 190 valence electrons. The quantitative estimate of drug-likeness (QED) is 0.230. The molecule has 0 atom stereocenters. The first-order valence-electron chi connectivity index (χ1n) is 11.8. The van der Waals surface area contributed by atoms with Crippen LogP contribution in [0.5, 0.6) is 5.75 Å². The number of carbonyl (C=O) groups excluding carboxylic acids is 1. The largest absolute Gasteiger partial charge is 0.507 e. The van der Waals surface area contributed by atoms with Crippen molar-refractivity contribution >= 4 is 17.8 Å². The van der Waals surface area contributed by atoms with E-state index in [4.69, 9.17) is 4.42 Å². The highest BCUT2D eigenvalue weighted by molar-refractivity contribution is 5.81. The number of nitrogens with one attached hydrogen (secondary N) is 1. The van der Waals surface area contributed by atoms with Gasteiger partial charge in [-0.2, -0.15) is 5.10 Å². The molecular weight excluding hydrogens is 458 g/mol. The maximum atomic E-state index is 12.4. The van der Waals surface area contributed by atoms with Crippen molar-refractivity contribution in [2.75, 3.05) is 0 Å². The molecule has 3 aromatic rings. The molecule has 3 rings (SSSR count). The SMILES string of the molecule is CC(C)(C)c1cc(CCC(=O)N/N=C\c2ccc(-c3cccc([N+](=O)[O-])c3)o2)cc(C(C)(C)C)c1O. The number of benzene rings is 2. The van der Waals surface area contributed by atoms with E-state index in [1.165, 1.54) is 18.3 Å². The van der Waals surface area contributed by atoms with E-state index in [-0.39, 0.29) is 28.8 Å². The first kappa shape index (κ1) is 26.7. The highest BCUT2D eigenvalue weighted by atomic mass is 16.6. The number of nitrogens with zero attached hydrogens (tertiary/aromatic N) is 2. The minimum atomic E-state index is -0.462. The Hall–Kier alpha value is -3.94. The summed E-state index contributed by atoms with van der Waals surface area (Å²) in [5.41, 5.74) is 5.29. The molecule has 36 heavy (non-hydrogen) atoms. The number of non-ortho nitro benzene ring substituents is 1. The van der Waals surface area contributed by atoms with Crippen LogP contribution in [0.4, 0.5) is 5.69 Å². The van der Waals surface area contributed by atoms with Crippen LogP contribution in [0.3, 0.4) is 0 Å². The van der Waals surface area contributed by atoms with Gasteiger partial charge in [0.05, 0.1) is 11.1 Å². The van der Waals surface area contributed by atoms with Crippen molar-refractivity contribution < 1.29 is 19.2 Å². The average Bonchev–Trinajstić information content (AvgIpc) is 3.26. The van der Waals surface area contributed by atoms with Gasteiger partial charge in [0.25, 0.3) is 5.69 Å². The van der Waals surface area contributed by atoms with Crippen LogP contribution in [-0.2, 0) is 22.0 Å². The zero-order valence-electron chi connectivity index (χ0n) is 21.6. The Morgan fingerprint density at radius 2 is 1.69 bits per heavy atom. The molecule has 0 radical (unpaired) electrons. The van der Waals surface area contributed by atoms with Crippen molar-refractivity contribution in [3.05, 3.63) is 81.1 Å². The summed E-state index contributed by atoms with van der Waals surface area (Å²) < 4.78 is 5.67. The molecule has 0 bridgehead atoms. The monoisotopic (exact) mass is 491 g/mol. The molecular formula is C28H33N3O5. The van der Waals surface area contributed by atoms with E-state index in [2.05, 4.69) is 52.1 Å². The number of phenols is 1. The van der Waals surface area contributed by atoms with Gasteiger partial charge in [-0.1, -0.05) is 65.8 Å². The lowest BCUT2D eigenvalue weighted by molar-refractivity contribution is -0.384. The number of aryl methyl sites for hydroxylation is 1. The van der Waals surface area contributed by atoms with Crippen molar-refractivity contribution in [2.45, 2.75) is 65.2 Å². The predicted octanol–water partition coefficient (Wildman–Crippen LogP) is 6.24. The Bertz CT molecular complexity index is 1260. The molecule has 1 amide bonds. The van der Waals surface area contributed by atoms with Gasteiger partial charge in [-0.05, 0) is 46.1 Å². The van der Waals surface area contributed by atoms with E-state index in [9.17, 15) is 20.0 Å².